The quantitative estimate of drug-likeness (QED) is 0.194. The summed E-state index contributed by atoms with van der Waals surface area (Å²) in [4.78, 5) is 9.24. The highest BCUT2D eigenvalue weighted by atomic mass is 35.5. The molecule has 1 aliphatic rings. The molecule has 36 heavy (non-hydrogen) atoms. The van der Waals surface area contributed by atoms with Gasteiger partial charge in [0.15, 0.2) is 0 Å². The van der Waals surface area contributed by atoms with Gasteiger partial charge in [-0.3, -0.25) is 9.97 Å². The summed E-state index contributed by atoms with van der Waals surface area (Å²) in [5, 5.41) is 19.9. The number of unbranched alkanes of at least 4 members (excludes halogenated alkanes) is 3. The van der Waals surface area contributed by atoms with Crippen molar-refractivity contribution in [1.29, 1.82) is 0 Å². The van der Waals surface area contributed by atoms with Gasteiger partial charge >= 0.3 is 0 Å². The molecule has 192 valence electrons. The number of nitrogens with zero attached hydrogens (tertiary/aromatic N) is 2. The maximum absolute atomic E-state index is 10.5. The molecule has 0 aliphatic heterocycles. The highest BCUT2D eigenvalue weighted by Gasteiger charge is 2.17. The van der Waals surface area contributed by atoms with E-state index in [0.29, 0.717) is 17.8 Å². The second kappa shape index (κ2) is 13.6. The number of hydrogen-bond donors (Lipinski definition) is 3. The van der Waals surface area contributed by atoms with Crippen molar-refractivity contribution in [2.24, 2.45) is 0 Å². The van der Waals surface area contributed by atoms with E-state index < -0.39 is 0 Å². The summed E-state index contributed by atoms with van der Waals surface area (Å²) >= 11 is 0. The third-order valence-electron chi connectivity index (χ3n) is 6.90. The normalized spacial score (nSPS) is 12.6. The summed E-state index contributed by atoms with van der Waals surface area (Å²) in [6.45, 7) is 2.63. The molecule has 0 saturated carbocycles. The van der Waals surface area contributed by atoms with E-state index in [1.807, 2.05) is 24.3 Å². The number of hydrogen-bond acceptors (Lipinski definition) is 5. The van der Waals surface area contributed by atoms with Gasteiger partial charge in [0.2, 0.25) is 0 Å². The van der Waals surface area contributed by atoms with E-state index in [1.54, 1.807) is 6.20 Å². The van der Waals surface area contributed by atoms with Gasteiger partial charge in [-0.25, -0.2) is 0 Å². The van der Waals surface area contributed by atoms with Crippen LogP contribution in [0.3, 0.4) is 0 Å². The van der Waals surface area contributed by atoms with Crippen molar-refractivity contribution < 1.29 is 5.11 Å². The number of benzene rings is 2. The van der Waals surface area contributed by atoms with Gasteiger partial charge in [0.05, 0.1) is 5.52 Å². The van der Waals surface area contributed by atoms with Gasteiger partial charge in [-0.2, -0.15) is 0 Å². The molecule has 1 aliphatic carbocycles. The number of para-hydroxylation sites is 1. The number of pyridine rings is 2. The molecule has 3 N–H and O–H groups in total. The molecule has 0 radical (unpaired) electrons. The maximum atomic E-state index is 10.5. The Kier molecular flexibility index (Phi) is 10.6. The van der Waals surface area contributed by atoms with Crippen molar-refractivity contribution in [3.05, 3.63) is 71.5 Å². The molecule has 0 saturated heterocycles. The lowest BCUT2D eigenvalue weighted by atomic mass is 9.92. The van der Waals surface area contributed by atoms with Crippen molar-refractivity contribution in [2.45, 2.75) is 57.9 Å². The van der Waals surface area contributed by atoms with Crippen LogP contribution in [0.25, 0.3) is 21.8 Å². The summed E-state index contributed by atoms with van der Waals surface area (Å²) in [6.07, 6.45) is 11.2. The standard InChI is InChI=1S/C29H34N4O.2ClH/c34-29-22(16-15-21-10-9-19-31-27(21)29)20-30-17-7-1-2-8-18-32-28-23-11-3-5-13-25(23)33-26-14-6-4-12-24(26)28;;/h3,5,9-11,13,15-16,19,30,34H,1-2,4,6-8,12,14,17-18,20H2,(H,32,33);2*1H. The van der Waals surface area contributed by atoms with Crippen molar-refractivity contribution in [2.75, 3.05) is 18.4 Å². The van der Waals surface area contributed by atoms with Crippen molar-refractivity contribution >= 4 is 52.3 Å². The zero-order chi connectivity index (χ0) is 23.2. The fourth-order valence-corrected chi connectivity index (χ4v) is 5.05. The lowest BCUT2D eigenvalue weighted by Gasteiger charge is -2.21. The molecular weight excluding hydrogens is 491 g/mol. The number of halogens is 2. The Hall–Kier alpha value is -2.60. The van der Waals surface area contributed by atoms with Crippen molar-refractivity contribution in [3.63, 3.8) is 0 Å². The molecule has 5 rings (SSSR count). The smallest absolute Gasteiger partial charge is 0.146 e. The minimum Gasteiger partial charge on any atom is -0.505 e. The van der Waals surface area contributed by atoms with Crippen LogP contribution in [0.5, 0.6) is 5.75 Å². The number of phenols is 1. The van der Waals surface area contributed by atoms with Crippen LogP contribution in [0.15, 0.2) is 54.7 Å². The molecule has 0 fully saturated rings. The molecule has 7 heteroatoms. The average Bonchev–Trinajstić information content (AvgIpc) is 2.88. The second-order valence-electron chi connectivity index (χ2n) is 9.30. The van der Waals surface area contributed by atoms with Gasteiger partial charge in [0.1, 0.15) is 11.3 Å². The first-order valence-electron chi connectivity index (χ1n) is 12.7. The van der Waals surface area contributed by atoms with E-state index in [1.165, 1.54) is 54.4 Å². The lowest BCUT2D eigenvalue weighted by molar-refractivity contribution is 0.468. The largest absolute Gasteiger partial charge is 0.505 e. The topological polar surface area (TPSA) is 70.1 Å². The van der Waals surface area contributed by atoms with Crippen LogP contribution < -0.4 is 10.6 Å². The van der Waals surface area contributed by atoms with Gasteiger partial charge < -0.3 is 15.7 Å². The van der Waals surface area contributed by atoms with E-state index in [4.69, 9.17) is 4.98 Å². The third-order valence-corrected chi connectivity index (χ3v) is 6.90. The molecule has 0 atom stereocenters. The molecule has 0 unspecified atom stereocenters. The molecular formula is C29H36Cl2N4O. The van der Waals surface area contributed by atoms with E-state index in [9.17, 15) is 5.11 Å². The number of aromatic hydroxyl groups is 1. The molecule has 2 heterocycles. The Morgan fingerprint density at radius 3 is 2.53 bits per heavy atom. The first kappa shape index (κ1) is 28.0. The van der Waals surface area contributed by atoms with Crippen molar-refractivity contribution in [3.8, 4) is 5.75 Å². The average molecular weight is 528 g/mol. The number of anilines is 1. The number of aryl methyl sites for hydroxylation is 1. The monoisotopic (exact) mass is 526 g/mol. The van der Waals surface area contributed by atoms with E-state index in [2.05, 4.69) is 39.9 Å². The first-order valence-corrected chi connectivity index (χ1v) is 12.7. The Balaban J connectivity index is 0.00000180. The van der Waals surface area contributed by atoms with Crippen molar-refractivity contribution in [1.82, 2.24) is 15.3 Å². The summed E-state index contributed by atoms with van der Waals surface area (Å²) in [5.41, 5.74) is 6.77. The Morgan fingerprint density at radius 2 is 1.64 bits per heavy atom. The summed E-state index contributed by atoms with van der Waals surface area (Å²) in [5.74, 6) is 0.294. The molecule has 0 amide bonds. The molecule has 2 aromatic heterocycles. The van der Waals surface area contributed by atoms with Gasteiger partial charge in [-0.1, -0.05) is 49.2 Å². The number of fused-ring (bicyclic) bond motifs is 3. The fourth-order valence-electron chi connectivity index (χ4n) is 5.05. The number of phenolic OH excluding ortho intramolecular Hbond substituents is 1. The summed E-state index contributed by atoms with van der Waals surface area (Å²) in [7, 11) is 0. The van der Waals surface area contributed by atoms with Crippen LogP contribution in [0.2, 0.25) is 0 Å². The number of nitrogens with one attached hydrogen (secondary N) is 2. The Morgan fingerprint density at radius 1 is 0.833 bits per heavy atom. The van der Waals surface area contributed by atoms with Gasteiger partial charge in [-0.05, 0) is 62.8 Å². The highest BCUT2D eigenvalue weighted by molar-refractivity contribution is 5.93. The second-order valence-corrected chi connectivity index (χ2v) is 9.30. The van der Waals surface area contributed by atoms with E-state index in [-0.39, 0.29) is 24.8 Å². The molecule has 0 bridgehead atoms. The zero-order valence-corrected chi connectivity index (χ0v) is 22.3. The molecule has 5 nitrogen and oxygen atoms in total. The lowest BCUT2D eigenvalue weighted by Crippen LogP contribution is -2.15. The highest BCUT2D eigenvalue weighted by Crippen LogP contribution is 2.33. The SMILES string of the molecule is Cl.Cl.Oc1c(CNCCCCCCNc2c3c(nc4ccccc24)CCCC3)ccc2cccnc12. The predicted octanol–water partition coefficient (Wildman–Crippen LogP) is 6.97. The number of rotatable bonds is 10. The predicted molar refractivity (Wildman–Crippen MR) is 155 cm³/mol. The molecule has 0 spiro atoms. The summed E-state index contributed by atoms with van der Waals surface area (Å²) in [6, 6.07) is 16.4. The molecule has 2 aromatic carbocycles. The van der Waals surface area contributed by atoms with E-state index in [0.717, 1.165) is 48.8 Å². The third kappa shape index (κ3) is 6.39. The zero-order valence-electron chi connectivity index (χ0n) is 20.6. The van der Waals surface area contributed by atoms with Crippen LogP contribution in [0, 0.1) is 0 Å². The Bertz CT molecular complexity index is 1280. The minimum atomic E-state index is 0. The minimum absolute atomic E-state index is 0. The Labute approximate surface area is 225 Å². The van der Waals surface area contributed by atoms with Crippen LogP contribution in [-0.2, 0) is 19.4 Å². The van der Waals surface area contributed by atoms with E-state index >= 15 is 0 Å². The first-order chi connectivity index (χ1) is 16.8. The van der Waals surface area contributed by atoms with Crippen LogP contribution in [0.4, 0.5) is 5.69 Å². The van der Waals surface area contributed by atoms with Crippen LogP contribution >= 0.6 is 24.8 Å². The van der Waals surface area contributed by atoms with Gasteiger partial charge in [0, 0.05) is 47.0 Å². The van der Waals surface area contributed by atoms with Crippen LogP contribution in [0.1, 0.15) is 55.3 Å². The summed E-state index contributed by atoms with van der Waals surface area (Å²) < 4.78 is 0. The number of aromatic nitrogens is 2. The van der Waals surface area contributed by atoms with Crippen LogP contribution in [-0.4, -0.2) is 28.2 Å². The van der Waals surface area contributed by atoms with Gasteiger partial charge in [0.25, 0.3) is 0 Å². The maximum Gasteiger partial charge on any atom is 0.146 e. The molecule has 4 aromatic rings. The van der Waals surface area contributed by atoms with Gasteiger partial charge in [-0.15, -0.1) is 24.8 Å². The fraction of sp³-hybridized carbons (Fsp3) is 0.379.